The zero-order chi connectivity index (χ0) is 24.1. The predicted molar refractivity (Wildman–Crippen MR) is 129 cm³/mol. The number of anilines is 1. The number of benzene rings is 3. The molecule has 1 fully saturated rings. The SMILES string of the molecule is CCCOc1ccc(C(=O)NNC(=O)C2CC(=O)N(c3cccc4ccccc34)C2)cc1OC. The van der Waals surface area contributed by atoms with E-state index in [9.17, 15) is 14.4 Å². The van der Waals surface area contributed by atoms with Gasteiger partial charge in [-0.05, 0) is 36.1 Å². The van der Waals surface area contributed by atoms with Crippen molar-refractivity contribution in [1.82, 2.24) is 10.9 Å². The second-order valence-corrected chi connectivity index (χ2v) is 8.06. The van der Waals surface area contributed by atoms with Gasteiger partial charge in [-0.2, -0.15) is 0 Å². The molecule has 8 nitrogen and oxygen atoms in total. The summed E-state index contributed by atoms with van der Waals surface area (Å²) in [4.78, 5) is 39.6. The van der Waals surface area contributed by atoms with Gasteiger partial charge in [0.15, 0.2) is 11.5 Å². The van der Waals surface area contributed by atoms with E-state index in [0.29, 0.717) is 23.7 Å². The van der Waals surface area contributed by atoms with E-state index in [1.54, 1.807) is 23.1 Å². The molecular weight excluding hydrogens is 434 g/mol. The number of carbonyl (C=O) groups excluding carboxylic acids is 3. The monoisotopic (exact) mass is 461 g/mol. The minimum atomic E-state index is -0.578. The van der Waals surface area contributed by atoms with Gasteiger partial charge < -0.3 is 14.4 Å². The number of methoxy groups -OCH3 is 1. The average Bonchev–Trinajstić information content (AvgIpc) is 3.26. The molecule has 1 aliphatic heterocycles. The van der Waals surface area contributed by atoms with Crippen LogP contribution in [0.1, 0.15) is 30.1 Å². The van der Waals surface area contributed by atoms with Crippen LogP contribution in [-0.4, -0.2) is 38.0 Å². The summed E-state index contributed by atoms with van der Waals surface area (Å²) < 4.78 is 10.9. The van der Waals surface area contributed by atoms with Crippen molar-refractivity contribution in [3.8, 4) is 11.5 Å². The summed E-state index contributed by atoms with van der Waals surface area (Å²) in [7, 11) is 1.50. The minimum absolute atomic E-state index is 0.0716. The molecule has 34 heavy (non-hydrogen) atoms. The zero-order valence-corrected chi connectivity index (χ0v) is 19.2. The summed E-state index contributed by atoms with van der Waals surface area (Å²) in [6.07, 6.45) is 0.918. The Morgan fingerprint density at radius 1 is 1.03 bits per heavy atom. The Kier molecular flexibility index (Phi) is 6.96. The summed E-state index contributed by atoms with van der Waals surface area (Å²) in [6.45, 7) is 2.77. The average molecular weight is 462 g/mol. The summed E-state index contributed by atoms with van der Waals surface area (Å²) >= 11 is 0. The number of carbonyl (C=O) groups is 3. The topological polar surface area (TPSA) is 97.0 Å². The highest BCUT2D eigenvalue weighted by Gasteiger charge is 2.36. The molecule has 1 aliphatic rings. The highest BCUT2D eigenvalue weighted by atomic mass is 16.5. The maximum atomic E-state index is 12.7. The molecule has 0 spiro atoms. The van der Waals surface area contributed by atoms with Gasteiger partial charge in [0.1, 0.15) is 0 Å². The van der Waals surface area contributed by atoms with E-state index < -0.39 is 17.7 Å². The maximum absolute atomic E-state index is 12.7. The second-order valence-electron chi connectivity index (χ2n) is 8.06. The Balaban J connectivity index is 1.39. The van der Waals surface area contributed by atoms with Crippen LogP contribution in [0.5, 0.6) is 11.5 Å². The smallest absolute Gasteiger partial charge is 0.269 e. The molecule has 3 aromatic rings. The molecule has 8 heteroatoms. The molecule has 1 heterocycles. The van der Waals surface area contributed by atoms with Gasteiger partial charge in [-0.3, -0.25) is 25.2 Å². The van der Waals surface area contributed by atoms with Crippen molar-refractivity contribution in [2.24, 2.45) is 5.92 Å². The molecule has 0 aliphatic carbocycles. The lowest BCUT2D eigenvalue weighted by atomic mass is 10.1. The van der Waals surface area contributed by atoms with Crippen LogP contribution in [0.4, 0.5) is 5.69 Å². The molecular formula is C26H27N3O5. The number of hydrazine groups is 1. The summed E-state index contributed by atoms with van der Waals surface area (Å²) in [5.41, 5.74) is 5.96. The molecule has 0 radical (unpaired) electrons. The van der Waals surface area contributed by atoms with Gasteiger partial charge in [0.05, 0.1) is 25.3 Å². The van der Waals surface area contributed by atoms with Crippen LogP contribution in [0.15, 0.2) is 60.7 Å². The normalized spacial score (nSPS) is 15.3. The first-order chi connectivity index (χ1) is 16.5. The van der Waals surface area contributed by atoms with E-state index in [2.05, 4.69) is 10.9 Å². The van der Waals surface area contributed by atoms with Gasteiger partial charge in [0.2, 0.25) is 11.8 Å². The largest absolute Gasteiger partial charge is 0.493 e. The Morgan fingerprint density at radius 3 is 2.62 bits per heavy atom. The molecule has 176 valence electrons. The van der Waals surface area contributed by atoms with Crippen LogP contribution in [0, 0.1) is 5.92 Å². The molecule has 3 amide bonds. The van der Waals surface area contributed by atoms with Gasteiger partial charge in [0.25, 0.3) is 5.91 Å². The third-order valence-electron chi connectivity index (χ3n) is 5.74. The van der Waals surface area contributed by atoms with Crippen LogP contribution in [0.2, 0.25) is 0 Å². The van der Waals surface area contributed by atoms with Crippen LogP contribution in [-0.2, 0) is 9.59 Å². The van der Waals surface area contributed by atoms with Gasteiger partial charge in [-0.25, -0.2) is 0 Å². The number of hydrogen-bond acceptors (Lipinski definition) is 5. The van der Waals surface area contributed by atoms with Crippen LogP contribution in [0.25, 0.3) is 10.8 Å². The Hall–Kier alpha value is -4.07. The number of nitrogens with one attached hydrogen (secondary N) is 2. The number of hydrogen-bond donors (Lipinski definition) is 2. The van der Waals surface area contributed by atoms with E-state index in [1.165, 1.54) is 7.11 Å². The minimum Gasteiger partial charge on any atom is -0.493 e. The third-order valence-corrected chi connectivity index (χ3v) is 5.74. The quantitative estimate of drug-likeness (QED) is 0.526. The van der Waals surface area contributed by atoms with E-state index in [1.807, 2.05) is 49.4 Å². The number of nitrogens with zero attached hydrogens (tertiary/aromatic N) is 1. The van der Waals surface area contributed by atoms with E-state index in [-0.39, 0.29) is 18.9 Å². The maximum Gasteiger partial charge on any atom is 0.269 e. The molecule has 2 N–H and O–H groups in total. The highest BCUT2D eigenvalue weighted by molar-refractivity contribution is 6.07. The summed E-state index contributed by atoms with van der Waals surface area (Å²) in [5.74, 6) is -0.646. The first-order valence-corrected chi connectivity index (χ1v) is 11.2. The van der Waals surface area contributed by atoms with Crippen LogP contribution >= 0.6 is 0 Å². The Morgan fingerprint density at radius 2 is 1.82 bits per heavy atom. The fourth-order valence-corrected chi connectivity index (χ4v) is 3.99. The fourth-order valence-electron chi connectivity index (χ4n) is 3.99. The van der Waals surface area contributed by atoms with E-state index >= 15 is 0 Å². The van der Waals surface area contributed by atoms with Crippen molar-refractivity contribution >= 4 is 34.2 Å². The van der Waals surface area contributed by atoms with Gasteiger partial charge in [-0.1, -0.05) is 43.3 Å². The van der Waals surface area contributed by atoms with Crippen LogP contribution in [0.3, 0.4) is 0 Å². The molecule has 1 saturated heterocycles. The van der Waals surface area contributed by atoms with E-state index in [0.717, 1.165) is 22.9 Å². The molecule has 1 atom stereocenters. The van der Waals surface area contributed by atoms with Gasteiger partial charge in [-0.15, -0.1) is 0 Å². The Bertz CT molecular complexity index is 1220. The lowest BCUT2D eigenvalue weighted by molar-refractivity contribution is -0.126. The molecule has 0 saturated carbocycles. The molecule has 1 unspecified atom stereocenters. The molecule has 0 bridgehead atoms. The first-order valence-electron chi connectivity index (χ1n) is 11.2. The van der Waals surface area contributed by atoms with Gasteiger partial charge >= 0.3 is 0 Å². The third kappa shape index (κ3) is 4.80. The lowest BCUT2D eigenvalue weighted by Gasteiger charge is -2.19. The standard InChI is InChI=1S/C26H27N3O5/c1-3-13-34-22-12-11-18(14-23(22)33-2)25(31)27-28-26(32)19-15-24(30)29(16-19)21-10-6-8-17-7-4-5-9-20(17)21/h4-12,14,19H,3,13,15-16H2,1-2H3,(H,27,31)(H,28,32). The summed E-state index contributed by atoms with van der Waals surface area (Å²) in [6, 6.07) is 18.4. The molecule has 0 aromatic heterocycles. The number of fused-ring (bicyclic) bond motifs is 1. The van der Waals surface area contributed by atoms with Crippen molar-refractivity contribution < 1.29 is 23.9 Å². The first kappa shape index (κ1) is 23.1. The zero-order valence-electron chi connectivity index (χ0n) is 19.2. The van der Waals surface area contributed by atoms with Crippen molar-refractivity contribution in [2.75, 3.05) is 25.2 Å². The number of rotatable bonds is 7. The fraction of sp³-hybridized carbons (Fsp3) is 0.269. The second kappa shape index (κ2) is 10.2. The summed E-state index contributed by atoms with van der Waals surface area (Å²) in [5, 5.41) is 1.97. The van der Waals surface area contributed by atoms with Crippen molar-refractivity contribution in [3.63, 3.8) is 0 Å². The number of amides is 3. The lowest BCUT2D eigenvalue weighted by Crippen LogP contribution is -2.45. The predicted octanol–water partition coefficient (Wildman–Crippen LogP) is 3.45. The molecule has 3 aromatic carbocycles. The highest BCUT2D eigenvalue weighted by Crippen LogP contribution is 2.32. The van der Waals surface area contributed by atoms with E-state index in [4.69, 9.17) is 9.47 Å². The van der Waals surface area contributed by atoms with Crippen LogP contribution < -0.4 is 25.2 Å². The van der Waals surface area contributed by atoms with Crippen molar-refractivity contribution in [3.05, 3.63) is 66.2 Å². The molecule has 4 rings (SSSR count). The van der Waals surface area contributed by atoms with Gasteiger partial charge in [0, 0.05) is 23.9 Å². The Labute approximate surface area is 197 Å². The van der Waals surface area contributed by atoms with Crippen molar-refractivity contribution in [2.45, 2.75) is 19.8 Å². The number of ether oxygens (including phenoxy) is 2. The van der Waals surface area contributed by atoms with Crippen molar-refractivity contribution in [1.29, 1.82) is 0 Å².